The van der Waals surface area contributed by atoms with Gasteiger partial charge in [0.15, 0.2) is 0 Å². The number of rotatable bonds is 3. The lowest BCUT2D eigenvalue weighted by atomic mass is 10.1. The zero-order chi connectivity index (χ0) is 15.7. The van der Waals surface area contributed by atoms with Gasteiger partial charge >= 0.3 is 0 Å². The Hall–Kier alpha value is -3.03. The summed E-state index contributed by atoms with van der Waals surface area (Å²) in [6.07, 6.45) is 3.03. The van der Waals surface area contributed by atoms with E-state index in [9.17, 15) is 9.59 Å². The van der Waals surface area contributed by atoms with E-state index in [-0.39, 0.29) is 5.56 Å². The molecule has 0 saturated carbocycles. The Balaban J connectivity index is 2.03. The second-order valence-corrected chi connectivity index (χ2v) is 4.84. The van der Waals surface area contributed by atoms with Gasteiger partial charge in [-0.15, -0.1) is 0 Å². The number of hydrogen-bond donors (Lipinski definition) is 4. The van der Waals surface area contributed by atoms with E-state index in [0.717, 1.165) is 11.3 Å². The minimum Gasteiger partial charge on any atom is -0.474 e. The van der Waals surface area contributed by atoms with Gasteiger partial charge in [0.25, 0.3) is 11.5 Å². The van der Waals surface area contributed by atoms with Gasteiger partial charge in [0.05, 0.1) is 17.6 Å². The van der Waals surface area contributed by atoms with Crippen molar-refractivity contribution < 1.29 is 9.53 Å². The number of pyridine rings is 2. The highest BCUT2D eigenvalue weighted by Crippen LogP contribution is 2.34. The lowest BCUT2D eigenvalue weighted by Crippen LogP contribution is -2.25. The molecule has 1 amide bonds. The molecule has 22 heavy (non-hydrogen) atoms. The van der Waals surface area contributed by atoms with Crippen LogP contribution in [0.5, 0.6) is 5.88 Å². The Morgan fingerprint density at radius 2 is 2.27 bits per heavy atom. The maximum atomic E-state index is 11.7. The van der Waals surface area contributed by atoms with Crippen LogP contribution in [0.3, 0.4) is 0 Å². The fourth-order valence-electron chi connectivity index (χ4n) is 2.32. The van der Waals surface area contributed by atoms with Gasteiger partial charge in [-0.25, -0.2) is 4.98 Å². The van der Waals surface area contributed by atoms with Crippen molar-refractivity contribution in [2.24, 2.45) is 5.73 Å². The van der Waals surface area contributed by atoms with Crippen LogP contribution in [0.4, 0.5) is 17.1 Å². The van der Waals surface area contributed by atoms with Crippen LogP contribution in [0.1, 0.15) is 15.9 Å². The maximum Gasteiger partial charge on any atom is 0.262 e. The van der Waals surface area contributed by atoms with Gasteiger partial charge in [0.1, 0.15) is 17.9 Å². The lowest BCUT2D eigenvalue weighted by Gasteiger charge is -2.22. The van der Waals surface area contributed by atoms with Crippen molar-refractivity contribution in [1.29, 1.82) is 0 Å². The highest BCUT2D eigenvalue weighted by atomic mass is 16.5. The number of fused-ring (bicyclic) bond motifs is 1. The molecule has 1 aliphatic rings. The average molecular weight is 301 g/mol. The summed E-state index contributed by atoms with van der Waals surface area (Å²) in [6, 6.07) is 1.57. The van der Waals surface area contributed by atoms with Crippen molar-refractivity contribution in [3.8, 4) is 5.88 Å². The molecule has 0 spiro atoms. The minimum absolute atomic E-state index is 0.121. The number of primary amides is 1. The molecule has 1 aliphatic heterocycles. The number of ether oxygens (including phenoxy) is 1. The highest BCUT2D eigenvalue weighted by Gasteiger charge is 2.18. The molecule has 0 bridgehead atoms. The van der Waals surface area contributed by atoms with Crippen molar-refractivity contribution in [3.05, 3.63) is 39.9 Å². The Kier molecular flexibility index (Phi) is 3.42. The first-order chi connectivity index (χ1) is 10.6. The summed E-state index contributed by atoms with van der Waals surface area (Å²) in [4.78, 5) is 29.9. The maximum absolute atomic E-state index is 11.7. The molecule has 2 aromatic heterocycles. The number of aromatic amines is 1. The molecule has 2 aromatic rings. The van der Waals surface area contributed by atoms with Crippen molar-refractivity contribution >= 4 is 23.0 Å². The third kappa shape index (κ3) is 2.34. The number of anilines is 3. The molecule has 3 rings (SSSR count). The van der Waals surface area contributed by atoms with Gasteiger partial charge in [0.2, 0.25) is 5.88 Å². The number of aromatic nitrogens is 2. The first-order valence-electron chi connectivity index (χ1n) is 6.72. The van der Waals surface area contributed by atoms with Crippen molar-refractivity contribution in [2.45, 2.75) is 6.92 Å². The zero-order valence-corrected chi connectivity index (χ0v) is 11.9. The predicted octanol–water partition coefficient (Wildman–Crippen LogP) is 0.725. The lowest BCUT2D eigenvalue weighted by molar-refractivity contribution is 0.0999. The third-order valence-electron chi connectivity index (χ3n) is 3.42. The highest BCUT2D eigenvalue weighted by molar-refractivity contribution is 5.98. The van der Waals surface area contributed by atoms with Crippen molar-refractivity contribution in [3.63, 3.8) is 0 Å². The molecule has 114 valence electrons. The van der Waals surface area contributed by atoms with Crippen molar-refractivity contribution in [2.75, 3.05) is 23.8 Å². The summed E-state index contributed by atoms with van der Waals surface area (Å²) in [5, 5.41) is 6.25. The largest absolute Gasteiger partial charge is 0.474 e. The number of carbonyl (C=O) groups excluding carboxylic acids is 1. The first-order valence-corrected chi connectivity index (χ1v) is 6.72. The van der Waals surface area contributed by atoms with Gasteiger partial charge < -0.3 is 26.1 Å². The topological polar surface area (TPSA) is 122 Å². The van der Waals surface area contributed by atoms with E-state index in [1.807, 2.05) is 6.92 Å². The van der Waals surface area contributed by atoms with Crippen LogP contribution in [0.25, 0.3) is 0 Å². The average Bonchev–Trinajstić information content (AvgIpc) is 2.50. The van der Waals surface area contributed by atoms with Gasteiger partial charge in [0, 0.05) is 18.3 Å². The quantitative estimate of drug-likeness (QED) is 0.663. The SMILES string of the molecule is Cc1c(Nc2cc[nH]c(=O)c2C(N)=O)cnc2c1NCCO2. The van der Waals surface area contributed by atoms with E-state index in [1.54, 1.807) is 12.3 Å². The number of carbonyl (C=O) groups is 1. The molecular weight excluding hydrogens is 286 g/mol. The molecular formula is C14H15N5O3. The second kappa shape index (κ2) is 5.40. The molecule has 0 saturated heterocycles. The van der Waals surface area contributed by atoms with E-state index in [1.165, 1.54) is 6.20 Å². The van der Waals surface area contributed by atoms with Gasteiger partial charge in [-0.2, -0.15) is 0 Å². The molecule has 5 N–H and O–H groups in total. The summed E-state index contributed by atoms with van der Waals surface area (Å²) in [6.45, 7) is 3.14. The van der Waals surface area contributed by atoms with E-state index in [2.05, 4.69) is 20.6 Å². The number of nitrogens with one attached hydrogen (secondary N) is 3. The zero-order valence-electron chi connectivity index (χ0n) is 11.9. The third-order valence-corrected chi connectivity index (χ3v) is 3.42. The summed E-state index contributed by atoms with van der Waals surface area (Å²) in [5.74, 6) is -0.260. The van der Waals surface area contributed by atoms with Crippen LogP contribution in [0.15, 0.2) is 23.3 Å². The molecule has 0 unspecified atom stereocenters. The Labute approximate surface area is 125 Å². The fraction of sp³-hybridized carbons (Fsp3) is 0.214. The van der Waals surface area contributed by atoms with Crippen LogP contribution in [0.2, 0.25) is 0 Å². The van der Waals surface area contributed by atoms with Crippen LogP contribution in [-0.4, -0.2) is 29.0 Å². The molecule has 0 aliphatic carbocycles. The number of nitrogens with two attached hydrogens (primary N) is 1. The van der Waals surface area contributed by atoms with Gasteiger partial charge in [-0.1, -0.05) is 0 Å². The monoisotopic (exact) mass is 301 g/mol. The number of amides is 1. The summed E-state index contributed by atoms with van der Waals surface area (Å²) < 4.78 is 5.46. The second-order valence-electron chi connectivity index (χ2n) is 4.84. The molecule has 0 aromatic carbocycles. The van der Waals surface area contributed by atoms with Crippen LogP contribution in [0, 0.1) is 6.92 Å². The predicted molar refractivity (Wildman–Crippen MR) is 81.8 cm³/mol. The first kappa shape index (κ1) is 13.9. The van der Waals surface area contributed by atoms with Gasteiger partial charge in [-0.3, -0.25) is 9.59 Å². The van der Waals surface area contributed by atoms with Crippen LogP contribution < -0.4 is 26.7 Å². The summed E-state index contributed by atoms with van der Waals surface area (Å²) in [5.41, 5.74) is 7.27. The molecule has 0 fully saturated rings. The summed E-state index contributed by atoms with van der Waals surface area (Å²) in [7, 11) is 0. The van der Waals surface area contributed by atoms with Crippen molar-refractivity contribution in [1.82, 2.24) is 9.97 Å². The fourth-order valence-corrected chi connectivity index (χ4v) is 2.32. The molecule has 8 nitrogen and oxygen atoms in total. The Morgan fingerprint density at radius 3 is 3.05 bits per heavy atom. The summed E-state index contributed by atoms with van der Waals surface area (Å²) >= 11 is 0. The van der Waals surface area contributed by atoms with Crippen LogP contribution >= 0.6 is 0 Å². The Bertz CT molecular complexity index is 800. The normalized spacial score (nSPS) is 12.8. The van der Waals surface area contributed by atoms with E-state index in [4.69, 9.17) is 10.5 Å². The molecule has 0 radical (unpaired) electrons. The number of H-pyrrole nitrogens is 1. The molecule has 8 heteroatoms. The molecule has 0 atom stereocenters. The van der Waals surface area contributed by atoms with E-state index in [0.29, 0.717) is 30.4 Å². The molecule has 3 heterocycles. The van der Waals surface area contributed by atoms with E-state index < -0.39 is 11.5 Å². The number of nitrogens with zero attached hydrogens (tertiary/aromatic N) is 1. The Morgan fingerprint density at radius 1 is 1.45 bits per heavy atom. The van der Waals surface area contributed by atoms with Gasteiger partial charge in [-0.05, 0) is 13.0 Å². The number of hydrogen-bond acceptors (Lipinski definition) is 6. The van der Waals surface area contributed by atoms with E-state index >= 15 is 0 Å². The smallest absolute Gasteiger partial charge is 0.262 e. The minimum atomic E-state index is -0.797. The standard InChI is InChI=1S/C14H15N5O3/c1-7-9(6-18-14-11(7)16-4-5-22-14)19-8-2-3-17-13(21)10(8)12(15)20/h2-3,6,16H,4-5H2,1H3,(H2,15,20)(H2,17,19,21). The van der Waals surface area contributed by atoms with Crippen LogP contribution in [-0.2, 0) is 0 Å².